The third-order valence-electron chi connectivity index (χ3n) is 4.33. The van der Waals surface area contributed by atoms with E-state index in [2.05, 4.69) is 28.9 Å². The highest BCUT2D eigenvalue weighted by molar-refractivity contribution is 5.92. The Labute approximate surface area is 125 Å². The van der Waals surface area contributed by atoms with Gasteiger partial charge in [0.15, 0.2) is 0 Å². The van der Waals surface area contributed by atoms with Gasteiger partial charge in [0.2, 0.25) is 0 Å². The van der Waals surface area contributed by atoms with Crippen LogP contribution in [0.3, 0.4) is 0 Å². The fraction of sp³-hybridized carbons (Fsp3) is 0.733. The Bertz CT molecular complexity index is 466. The molecule has 0 aliphatic carbocycles. The summed E-state index contributed by atoms with van der Waals surface area (Å²) in [5.74, 6) is 0.0735. The van der Waals surface area contributed by atoms with Gasteiger partial charge >= 0.3 is 0 Å². The van der Waals surface area contributed by atoms with E-state index in [4.69, 9.17) is 4.74 Å². The van der Waals surface area contributed by atoms with Crippen LogP contribution in [0.2, 0.25) is 0 Å². The van der Waals surface area contributed by atoms with E-state index < -0.39 is 0 Å². The molecule has 0 unspecified atom stereocenters. The first kappa shape index (κ1) is 14.5. The van der Waals surface area contributed by atoms with E-state index in [1.807, 2.05) is 4.90 Å². The second kappa shape index (κ2) is 6.15. The summed E-state index contributed by atoms with van der Waals surface area (Å²) in [6.07, 6.45) is 4.34. The van der Waals surface area contributed by atoms with E-state index in [0.717, 1.165) is 39.0 Å². The maximum Gasteiger partial charge on any atom is 0.272 e. The molecular formula is C15H24N4O2. The maximum absolute atomic E-state index is 12.5. The molecule has 2 saturated heterocycles. The molecule has 6 nitrogen and oxygen atoms in total. The van der Waals surface area contributed by atoms with Gasteiger partial charge in [-0.1, -0.05) is 0 Å². The van der Waals surface area contributed by atoms with Crippen LogP contribution in [0.15, 0.2) is 12.3 Å². The smallest absolute Gasteiger partial charge is 0.272 e. The molecule has 21 heavy (non-hydrogen) atoms. The number of morpholine rings is 1. The standard InChI is InChI=1S/C15H24N4O2/c1-11-8-18(9-12(2)21-11)10-13-4-3-7-19(13)15(20)14-5-6-16-17-14/h5-6,11-13H,3-4,7-10H2,1-2H3,(H,16,17)/t11-,12+,13-/m0/s1. The quantitative estimate of drug-likeness (QED) is 0.907. The topological polar surface area (TPSA) is 61.5 Å². The van der Waals surface area contributed by atoms with Crippen molar-refractivity contribution in [2.75, 3.05) is 26.2 Å². The largest absolute Gasteiger partial charge is 0.373 e. The number of rotatable bonds is 3. The second-order valence-corrected chi connectivity index (χ2v) is 6.24. The number of aromatic amines is 1. The summed E-state index contributed by atoms with van der Waals surface area (Å²) in [6.45, 7) is 7.92. The summed E-state index contributed by atoms with van der Waals surface area (Å²) >= 11 is 0. The number of carbonyl (C=O) groups excluding carboxylic acids is 1. The monoisotopic (exact) mass is 292 g/mol. The fourth-order valence-electron chi connectivity index (χ4n) is 3.55. The van der Waals surface area contributed by atoms with Gasteiger partial charge in [0.25, 0.3) is 5.91 Å². The molecule has 0 spiro atoms. The molecule has 2 aliphatic heterocycles. The average molecular weight is 292 g/mol. The minimum absolute atomic E-state index is 0.0735. The molecule has 2 fully saturated rings. The molecule has 3 rings (SSSR count). The number of likely N-dealkylation sites (tertiary alicyclic amines) is 1. The van der Waals surface area contributed by atoms with E-state index in [9.17, 15) is 4.79 Å². The van der Waals surface area contributed by atoms with Crippen molar-refractivity contribution in [2.24, 2.45) is 0 Å². The number of carbonyl (C=O) groups is 1. The summed E-state index contributed by atoms with van der Waals surface area (Å²) in [5, 5.41) is 6.65. The lowest BCUT2D eigenvalue weighted by atomic mass is 10.1. The first-order valence-electron chi connectivity index (χ1n) is 7.81. The van der Waals surface area contributed by atoms with Crippen molar-refractivity contribution >= 4 is 5.91 Å². The zero-order valence-corrected chi connectivity index (χ0v) is 12.8. The molecule has 1 aromatic heterocycles. The lowest BCUT2D eigenvalue weighted by Gasteiger charge is -2.38. The van der Waals surface area contributed by atoms with Crippen LogP contribution in [-0.2, 0) is 4.74 Å². The Balaban J connectivity index is 1.63. The van der Waals surface area contributed by atoms with Crippen LogP contribution in [0, 0.1) is 0 Å². The third-order valence-corrected chi connectivity index (χ3v) is 4.33. The van der Waals surface area contributed by atoms with Gasteiger partial charge in [-0.25, -0.2) is 0 Å². The molecule has 2 aliphatic rings. The van der Waals surface area contributed by atoms with Gasteiger partial charge in [0.1, 0.15) is 5.69 Å². The van der Waals surface area contributed by atoms with Crippen LogP contribution in [0.4, 0.5) is 0 Å². The van der Waals surface area contributed by atoms with E-state index in [1.165, 1.54) is 0 Å². The predicted molar refractivity (Wildman–Crippen MR) is 79.1 cm³/mol. The Morgan fingerprint density at radius 1 is 1.43 bits per heavy atom. The van der Waals surface area contributed by atoms with Gasteiger partial charge in [0.05, 0.1) is 12.2 Å². The molecule has 6 heteroatoms. The number of nitrogens with one attached hydrogen (secondary N) is 1. The Morgan fingerprint density at radius 3 is 2.86 bits per heavy atom. The number of hydrogen-bond acceptors (Lipinski definition) is 4. The van der Waals surface area contributed by atoms with Crippen LogP contribution in [0.5, 0.6) is 0 Å². The van der Waals surface area contributed by atoms with Gasteiger partial charge < -0.3 is 9.64 Å². The molecular weight excluding hydrogens is 268 g/mol. The molecule has 0 aromatic carbocycles. The summed E-state index contributed by atoms with van der Waals surface area (Å²) < 4.78 is 5.78. The van der Waals surface area contributed by atoms with Gasteiger partial charge in [-0.3, -0.25) is 14.8 Å². The molecule has 0 radical (unpaired) electrons. The molecule has 0 bridgehead atoms. The fourth-order valence-corrected chi connectivity index (χ4v) is 3.55. The summed E-state index contributed by atoms with van der Waals surface area (Å²) in [5.41, 5.74) is 0.589. The van der Waals surface area contributed by atoms with Crippen LogP contribution in [0.1, 0.15) is 37.2 Å². The maximum atomic E-state index is 12.5. The van der Waals surface area contributed by atoms with Crippen molar-refractivity contribution in [3.63, 3.8) is 0 Å². The minimum atomic E-state index is 0.0735. The Morgan fingerprint density at radius 2 is 2.19 bits per heavy atom. The van der Waals surface area contributed by atoms with Crippen molar-refractivity contribution in [1.82, 2.24) is 20.0 Å². The van der Waals surface area contributed by atoms with Crippen molar-refractivity contribution < 1.29 is 9.53 Å². The van der Waals surface area contributed by atoms with Crippen molar-refractivity contribution in [3.8, 4) is 0 Å². The van der Waals surface area contributed by atoms with Crippen molar-refractivity contribution in [2.45, 2.75) is 44.9 Å². The van der Waals surface area contributed by atoms with Crippen molar-refractivity contribution in [1.29, 1.82) is 0 Å². The van der Waals surface area contributed by atoms with E-state index in [-0.39, 0.29) is 18.1 Å². The second-order valence-electron chi connectivity index (χ2n) is 6.24. The van der Waals surface area contributed by atoms with E-state index in [1.54, 1.807) is 12.3 Å². The van der Waals surface area contributed by atoms with E-state index in [0.29, 0.717) is 11.7 Å². The number of ether oxygens (including phenoxy) is 1. The lowest BCUT2D eigenvalue weighted by molar-refractivity contribution is -0.0715. The molecule has 1 N–H and O–H groups in total. The number of nitrogens with zero attached hydrogens (tertiary/aromatic N) is 3. The zero-order chi connectivity index (χ0) is 14.8. The Kier molecular flexibility index (Phi) is 4.26. The molecule has 3 heterocycles. The normalized spacial score (nSPS) is 30.8. The minimum Gasteiger partial charge on any atom is -0.373 e. The highest BCUT2D eigenvalue weighted by atomic mass is 16.5. The molecule has 1 amide bonds. The number of amides is 1. The third kappa shape index (κ3) is 3.27. The van der Waals surface area contributed by atoms with Gasteiger partial charge in [-0.15, -0.1) is 0 Å². The average Bonchev–Trinajstić information content (AvgIpc) is 3.07. The van der Waals surface area contributed by atoms with Gasteiger partial charge in [-0.2, -0.15) is 5.10 Å². The lowest BCUT2D eigenvalue weighted by Crippen LogP contribution is -2.51. The Hall–Kier alpha value is -1.40. The summed E-state index contributed by atoms with van der Waals surface area (Å²) in [6, 6.07) is 2.05. The molecule has 1 aromatic rings. The highest BCUT2D eigenvalue weighted by Gasteiger charge is 2.33. The first-order chi connectivity index (χ1) is 10.1. The molecule has 3 atom stereocenters. The van der Waals surface area contributed by atoms with Crippen LogP contribution >= 0.6 is 0 Å². The van der Waals surface area contributed by atoms with Crippen LogP contribution < -0.4 is 0 Å². The van der Waals surface area contributed by atoms with E-state index >= 15 is 0 Å². The number of aromatic nitrogens is 2. The SMILES string of the molecule is C[C@@H]1CN(C[C@@H]2CCCN2C(=O)c2ccn[nH]2)C[C@H](C)O1. The van der Waals surface area contributed by atoms with Gasteiger partial charge in [0, 0.05) is 38.4 Å². The zero-order valence-electron chi connectivity index (χ0n) is 12.8. The molecule has 0 saturated carbocycles. The predicted octanol–water partition coefficient (Wildman–Crippen LogP) is 1.12. The summed E-state index contributed by atoms with van der Waals surface area (Å²) in [7, 11) is 0. The number of H-pyrrole nitrogens is 1. The number of hydrogen-bond donors (Lipinski definition) is 1. The highest BCUT2D eigenvalue weighted by Crippen LogP contribution is 2.22. The van der Waals surface area contributed by atoms with Crippen LogP contribution in [0.25, 0.3) is 0 Å². The first-order valence-corrected chi connectivity index (χ1v) is 7.81. The summed E-state index contributed by atoms with van der Waals surface area (Å²) in [4.78, 5) is 16.9. The van der Waals surface area contributed by atoms with Crippen molar-refractivity contribution in [3.05, 3.63) is 18.0 Å². The molecule has 116 valence electrons. The van der Waals surface area contributed by atoms with Crippen LogP contribution in [-0.4, -0.2) is 70.3 Å². The van der Waals surface area contributed by atoms with Gasteiger partial charge in [-0.05, 0) is 32.8 Å².